The number of nitrogens with zero attached hydrogens (tertiary/aromatic N) is 4. The zero-order chi connectivity index (χ0) is 25.5. The van der Waals surface area contributed by atoms with E-state index in [0.29, 0.717) is 17.8 Å². The first-order valence-electron chi connectivity index (χ1n) is 10.7. The molecule has 184 valence electrons. The first kappa shape index (κ1) is 24.8. The van der Waals surface area contributed by atoms with Crippen molar-refractivity contribution in [1.29, 1.82) is 0 Å². The van der Waals surface area contributed by atoms with E-state index < -0.39 is 17.6 Å². The molecule has 4 N–H and O–H groups in total. The maximum Gasteiger partial charge on any atom is 0.255 e. The number of halogens is 2. The highest BCUT2D eigenvalue weighted by atomic mass is 79.9. The van der Waals surface area contributed by atoms with Crippen LogP contribution < -0.4 is 10.6 Å². The summed E-state index contributed by atoms with van der Waals surface area (Å²) in [4.78, 5) is 16.7. The standard InChI is InChI=1S/C24H20BrFN6O4/c25-18-12-15(7-8-19(18)26)29-23(30-35)22-21(31-36-32-22)16(14-4-3-10-27-13-14)9-11-28-24(34)17-5-1-2-6-20(17)33/h1-8,10,12-13,16,33,35H,9,11H2,(H,28,34)(H,29,30). The van der Waals surface area contributed by atoms with Crippen molar-refractivity contribution in [2.75, 3.05) is 11.9 Å². The molecule has 0 spiro atoms. The van der Waals surface area contributed by atoms with Crippen molar-refractivity contribution in [1.82, 2.24) is 20.6 Å². The number of pyridine rings is 1. The van der Waals surface area contributed by atoms with E-state index in [1.165, 1.54) is 30.3 Å². The minimum Gasteiger partial charge on any atom is -0.507 e. The normalized spacial score (nSPS) is 12.2. The monoisotopic (exact) mass is 554 g/mol. The van der Waals surface area contributed by atoms with Crippen LogP contribution in [0.5, 0.6) is 5.75 Å². The number of phenols is 1. The van der Waals surface area contributed by atoms with Gasteiger partial charge in [0.15, 0.2) is 5.69 Å². The van der Waals surface area contributed by atoms with Gasteiger partial charge in [0.2, 0.25) is 5.84 Å². The van der Waals surface area contributed by atoms with Gasteiger partial charge in [-0.3, -0.25) is 9.78 Å². The Labute approximate surface area is 213 Å². The second kappa shape index (κ2) is 11.4. The number of para-hydroxylation sites is 1. The maximum absolute atomic E-state index is 13.6. The van der Waals surface area contributed by atoms with Crippen LogP contribution in [-0.4, -0.2) is 43.9 Å². The fourth-order valence-electron chi connectivity index (χ4n) is 3.56. The van der Waals surface area contributed by atoms with Crippen molar-refractivity contribution < 1.29 is 24.1 Å². The molecule has 1 amide bonds. The Morgan fingerprint density at radius 1 is 1.17 bits per heavy atom. The molecule has 12 heteroatoms. The average Bonchev–Trinajstić information content (AvgIpc) is 3.37. The number of aromatic hydroxyl groups is 1. The summed E-state index contributed by atoms with van der Waals surface area (Å²) >= 11 is 3.12. The van der Waals surface area contributed by atoms with Gasteiger partial charge in [-0.05, 0) is 69.5 Å². The van der Waals surface area contributed by atoms with E-state index >= 15 is 0 Å². The van der Waals surface area contributed by atoms with Crippen LogP contribution in [0.1, 0.15) is 39.6 Å². The topological polar surface area (TPSA) is 146 Å². The minimum absolute atomic E-state index is 0.0723. The molecule has 1 unspecified atom stereocenters. The van der Waals surface area contributed by atoms with Crippen molar-refractivity contribution in [2.45, 2.75) is 12.3 Å². The number of rotatable bonds is 8. The summed E-state index contributed by atoms with van der Waals surface area (Å²) in [6, 6.07) is 14.0. The van der Waals surface area contributed by atoms with E-state index in [1.54, 1.807) is 30.6 Å². The molecule has 4 rings (SSSR count). The van der Waals surface area contributed by atoms with Gasteiger partial charge in [0.25, 0.3) is 5.91 Å². The van der Waals surface area contributed by atoms with Gasteiger partial charge < -0.3 is 20.9 Å². The Morgan fingerprint density at radius 3 is 2.72 bits per heavy atom. The van der Waals surface area contributed by atoms with Gasteiger partial charge in [0.05, 0.1) is 10.0 Å². The van der Waals surface area contributed by atoms with E-state index in [9.17, 15) is 19.5 Å². The second-order valence-electron chi connectivity index (χ2n) is 7.60. The summed E-state index contributed by atoms with van der Waals surface area (Å²) in [6.45, 7) is 0.211. The number of carbonyl (C=O) groups is 1. The quantitative estimate of drug-likeness (QED) is 0.109. The molecule has 0 radical (unpaired) electrons. The average molecular weight is 555 g/mol. The highest BCUT2D eigenvalue weighted by Gasteiger charge is 2.27. The van der Waals surface area contributed by atoms with E-state index in [2.05, 4.69) is 47.0 Å². The second-order valence-corrected chi connectivity index (χ2v) is 8.46. The third-order valence-corrected chi connectivity index (χ3v) is 5.91. The number of hydrogen-bond donors (Lipinski definition) is 4. The molecule has 2 aromatic carbocycles. The highest BCUT2D eigenvalue weighted by molar-refractivity contribution is 9.10. The molecule has 0 fully saturated rings. The molecular weight excluding hydrogens is 535 g/mol. The summed E-state index contributed by atoms with van der Waals surface area (Å²) < 4.78 is 18.8. The smallest absolute Gasteiger partial charge is 0.255 e. The van der Waals surface area contributed by atoms with Crippen LogP contribution in [0.2, 0.25) is 0 Å². The van der Waals surface area contributed by atoms with Gasteiger partial charge in [-0.1, -0.05) is 28.5 Å². The van der Waals surface area contributed by atoms with Crippen LogP contribution in [0, 0.1) is 5.82 Å². The molecule has 36 heavy (non-hydrogen) atoms. The van der Waals surface area contributed by atoms with E-state index in [0.717, 1.165) is 5.56 Å². The molecule has 0 aliphatic carbocycles. The lowest BCUT2D eigenvalue weighted by molar-refractivity contribution is 0.0950. The number of oxime groups is 1. The summed E-state index contributed by atoms with van der Waals surface area (Å²) in [5, 5.41) is 36.5. The lowest BCUT2D eigenvalue weighted by Crippen LogP contribution is -2.26. The van der Waals surface area contributed by atoms with Crippen LogP contribution in [0.3, 0.4) is 0 Å². The molecular formula is C24H20BrFN6O4. The van der Waals surface area contributed by atoms with Gasteiger partial charge in [0.1, 0.15) is 17.3 Å². The van der Waals surface area contributed by atoms with Gasteiger partial charge in [-0.2, -0.15) is 0 Å². The number of aromatic nitrogens is 3. The Morgan fingerprint density at radius 2 is 2.00 bits per heavy atom. The Bertz CT molecular complexity index is 1380. The Kier molecular flexibility index (Phi) is 7.85. The number of hydrogen-bond acceptors (Lipinski definition) is 8. The minimum atomic E-state index is -0.455. The number of benzene rings is 2. The van der Waals surface area contributed by atoms with E-state index in [4.69, 9.17) is 4.63 Å². The first-order chi connectivity index (χ1) is 17.5. The number of amides is 1. The first-order valence-corrected chi connectivity index (χ1v) is 11.5. The molecule has 4 aromatic rings. The van der Waals surface area contributed by atoms with Crippen LogP contribution >= 0.6 is 15.9 Å². The summed E-state index contributed by atoms with van der Waals surface area (Å²) in [6.07, 6.45) is 3.62. The third-order valence-electron chi connectivity index (χ3n) is 5.30. The largest absolute Gasteiger partial charge is 0.507 e. The SMILES string of the molecule is O=C(NCCC(c1cccnc1)c1nonc1C(=NO)Nc1ccc(F)c(Br)c1)c1ccccc1O. The predicted octanol–water partition coefficient (Wildman–Crippen LogP) is 4.27. The predicted molar refractivity (Wildman–Crippen MR) is 131 cm³/mol. The van der Waals surface area contributed by atoms with Crippen molar-refractivity contribution >= 4 is 33.4 Å². The van der Waals surface area contributed by atoms with Gasteiger partial charge in [0, 0.05) is 30.5 Å². The number of anilines is 1. The van der Waals surface area contributed by atoms with Crippen molar-refractivity contribution in [3.8, 4) is 5.75 Å². The molecule has 0 saturated heterocycles. The van der Waals surface area contributed by atoms with Crippen molar-refractivity contribution in [3.63, 3.8) is 0 Å². The molecule has 1 atom stereocenters. The summed E-state index contributed by atoms with van der Waals surface area (Å²) in [5.74, 6) is -1.53. The van der Waals surface area contributed by atoms with Crippen LogP contribution in [-0.2, 0) is 0 Å². The molecule has 2 heterocycles. The molecule has 10 nitrogen and oxygen atoms in total. The number of carbonyl (C=O) groups excluding carboxylic acids is 1. The van der Waals surface area contributed by atoms with Crippen molar-refractivity contribution in [3.05, 3.63) is 99.8 Å². The Balaban J connectivity index is 1.57. The number of amidine groups is 1. The summed E-state index contributed by atoms with van der Waals surface area (Å²) in [7, 11) is 0. The molecule has 0 aliphatic heterocycles. The maximum atomic E-state index is 13.6. The summed E-state index contributed by atoms with van der Waals surface area (Å²) in [5.41, 5.74) is 1.80. The lowest BCUT2D eigenvalue weighted by Gasteiger charge is -2.16. The number of phenolic OH excluding ortho intramolecular Hbond substituents is 1. The zero-order valence-corrected chi connectivity index (χ0v) is 20.2. The van der Waals surface area contributed by atoms with E-state index in [1.807, 2.05) is 6.07 Å². The molecule has 0 aliphatic rings. The third kappa shape index (κ3) is 5.66. The van der Waals surface area contributed by atoms with Crippen LogP contribution in [0.25, 0.3) is 0 Å². The van der Waals surface area contributed by atoms with E-state index in [-0.39, 0.29) is 33.9 Å². The van der Waals surface area contributed by atoms with Crippen molar-refractivity contribution in [2.24, 2.45) is 5.16 Å². The lowest BCUT2D eigenvalue weighted by atomic mass is 9.92. The molecule has 0 saturated carbocycles. The fraction of sp³-hybridized carbons (Fsp3) is 0.125. The van der Waals surface area contributed by atoms with Crippen LogP contribution in [0.15, 0.2) is 81.2 Å². The molecule has 0 bridgehead atoms. The Hall–Kier alpha value is -4.32. The van der Waals surface area contributed by atoms with Gasteiger partial charge in [-0.25, -0.2) is 9.02 Å². The fourth-order valence-corrected chi connectivity index (χ4v) is 3.94. The van der Waals surface area contributed by atoms with Crippen LogP contribution in [0.4, 0.5) is 10.1 Å². The van der Waals surface area contributed by atoms with Gasteiger partial charge >= 0.3 is 0 Å². The zero-order valence-electron chi connectivity index (χ0n) is 18.6. The highest BCUT2D eigenvalue weighted by Crippen LogP contribution is 2.29. The van der Waals surface area contributed by atoms with Gasteiger partial charge in [-0.15, -0.1) is 0 Å². The molecule has 2 aromatic heterocycles. The number of nitrogens with one attached hydrogen (secondary N) is 2.